The minimum absolute atomic E-state index is 0.0153. The lowest BCUT2D eigenvalue weighted by molar-refractivity contribution is -0.141. The fraction of sp³-hybridized carbons (Fsp3) is 0.440. The summed E-state index contributed by atoms with van der Waals surface area (Å²) in [4.78, 5) is 27.9. The number of hydrogen-bond acceptors (Lipinski definition) is 2. The van der Waals surface area contributed by atoms with Crippen molar-refractivity contribution >= 4 is 11.8 Å². The van der Waals surface area contributed by atoms with Crippen LogP contribution in [0.1, 0.15) is 56.7 Å². The molecule has 0 heterocycles. The van der Waals surface area contributed by atoms with Crippen LogP contribution in [0, 0.1) is 6.92 Å². The van der Waals surface area contributed by atoms with Crippen LogP contribution in [0.5, 0.6) is 0 Å². The number of carbonyl (C=O) groups is 2. The van der Waals surface area contributed by atoms with E-state index in [1.165, 1.54) is 0 Å². The average molecular weight is 395 g/mol. The van der Waals surface area contributed by atoms with Gasteiger partial charge >= 0.3 is 0 Å². The summed E-state index contributed by atoms with van der Waals surface area (Å²) < 4.78 is 0. The summed E-state index contributed by atoms with van der Waals surface area (Å²) in [5.74, 6) is -0.0518. The molecule has 0 aliphatic carbocycles. The van der Waals surface area contributed by atoms with Gasteiger partial charge in [-0.05, 0) is 44.2 Å². The van der Waals surface area contributed by atoms with Crippen molar-refractivity contribution in [3.8, 4) is 0 Å². The molecule has 156 valence electrons. The molecule has 2 aromatic rings. The lowest BCUT2D eigenvalue weighted by Gasteiger charge is -2.31. The molecule has 2 aromatic carbocycles. The molecule has 0 radical (unpaired) electrons. The summed E-state index contributed by atoms with van der Waals surface area (Å²) in [5.41, 5.74) is 3.33. The third-order valence-corrected chi connectivity index (χ3v) is 5.29. The molecule has 0 aromatic heterocycles. The van der Waals surface area contributed by atoms with E-state index in [1.54, 1.807) is 4.90 Å². The highest BCUT2D eigenvalue weighted by atomic mass is 16.2. The quantitative estimate of drug-likeness (QED) is 0.638. The monoisotopic (exact) mass is 394 g/mol. The second-order valence-electron chi connectivity index (χ2n) is 7.74. The van der Waals surface area contributed by atoms with Crippen LogP contribution in [0.15, 0.2) is 54.6 Å². The predicted octanol–water partition coefficient (Wildman–Crippen LogP) is 4.65. The van der Waals surface area contributed by atoms with Crippen molar-refractivity contribution in [3.63, 3.8) is 0 Å². The second kappa shape index (κ2) is 11.4. The van der Waals surface area contributed by atoms with E-state index in [4.69, 9.17) is 0 Å². The summed E-state index contributed by atoms with van der Waals surface area (Å²) >= 11 is 0. The Hall–Kier alpha value is -2.62. The number of amides is 2. The van der Waals surface area contributed by atoms with Crippen LogP contribution in [0.3, 0.4) is 0 Å². The molecule has 4 nitrogen and oxygen atoms in total. The zero-order chi connectivity index (χ0) is 21.2. The fourth-order valence-corrected chi connectivity index (χ4v) is 3.41. The summed E-state index contributed by atoms with van der Waals surface area (Å²) in [5, 5.41) is 3.05. The van der Waals surface area contributed by atoms with Gasteiger partial charge in [-0.1, -0.05) is 74.0 Å². The van der Waals surface area contributed by atoms with Crippen LogP contribution in [0.25, 0.3) is 0 Å². The summed E-state index contributed by atoms with van der Waals surface area (Å²) in [6.45, 7) is 8.49. The molecule has 0 saturated carbocycles. The molecule has 0 fully saturated rings. The van der Waals surface area contributed by atoms with Crippen molar-refractivity contribution in [1.82, 2.24) is 10.2 Å². The Kier molecular flexibility index (Phi) is 8.91. The maximum atomic E-state index is 13.2. The lowest BCUT2D eigenvalue weighted by atomic mass is 10.0. The van der Waals surface area contributed by atoms with Crippen LogP contribution in [0.4, 0.5) is 0 Å². The summed E-state index contributed by atoms with van der Waals surface area (Å²) in [7, 11) is 0. The number of hydrogen-bond donors (Lipinski definition) is 1. The number of nitrogens with zero attached hydrogens (tertiary/aromatic N) is 1. The largest absolute Gasteiger partial charge is 0.352 e. The Bertz CT molecular complexity index is 788. The van der Waals surface area contributed by atoms with Gasteiger partial charge in [-0.3, -0.25) is 9.59 Å². The van der Waals surface area contributed by atoms with Gasteiger partial charge in [0.15, 0.2) is 0 Å². The molecule has 2 atom stereocenters. The third kappa shape index (κ3) is 7.04. The Morgan fingerprint density at radius 2 is 1.66 bits per heavy atom. The maximum Gasteiger partial charge on any atom is 0.243 e. The first kappa shape index (κ1) is 22.7. The number of benzene rings is 2. The minimum atomic E-state index is -0.465. The van der Waals surface area contributed by atoms with E-state index >= 15 is 0 Å². The first-order chi connectivity index (χ1) is 13.9. The molecule has 0 spiro atoms. The smallest absolute Gasteiger partial charge is 0.243 e. The zero-order valence-electron chi connectivity index (χ0n) is 18.2. The van der Waals surface area contributed by atoms with Gasteiger partial charge < -0.3 is 10.2 Å². The van der Waals surface area contributed by atoms with E-state index < -0.39 is 6.04 Å². The molecule has 2 rings (SSSR count). The van der Waals surface area contributed by atoms with Crippen LogP contribution in [-0.2, 0) is 22.6 Å². The Balaban J connectivity index is 2.20. The maximum absolute atomic E-state index is 13.2. The Morgan fingerprint density at radius 1 is 0.966 bits per heavy atom. The zero-order valence-corrected chi connectivity index (χ0v) is 18.2. The first-order valence-electron chi connectivity index (χ1n) is 10.6. The molecule has 0 saturated heterocycles. The molecule has 0 bridgehead atoms. The van der Waals surface area contributed by atoms with Gasteiger partial charge in [0.2, 0.25) is 11.8 Å². The molecule has 0 unspecified atom stereocenters. The lowest BCUT2D eigenvalue weighted by Crippen LogP contribution is -2.50. The molecule has 1 N–H and O–H groups in total. The molecule has 29 heavy (non-hydrogen) atoms. The molecule has 2 amide bonds. The van der Waals surface area contributed by atoms with Gasteiger partial charge in [0.25, 0.3) is 0 Å². The van der Waals surface area contributed by atoms with Gasteiger partial charge in [-0.25, -0.2) is 0 Å². The van der Waals surface area contributed by atoms with Crippen molar-refractivity contribution in [2.24, 2.45) is 0 Å². The van der Waals surface area contributed by atoms with Crippen molar-refractivity contribution < 1.29 is 9.59 Å². The minimum Gasteiger partial charge on any atom is -0.352 e. The Morgan fingerprint density at radius 3 is 2.28 bits per heavy atom. The SMILES string of the molecule is CC[C@@H](C)NC(=O)[C@H](CC)N(Cc1cccc(C)c1)C(=O)CCc1ccccc1. The van der Waals surface area contributed by atoms with E-state index in [-0.39, 0.29) is 17.9 Å². The average Bonchev–Trinajstić information content (AvgIpc) is 2.72. The van der Waals surface area contributed by atoms with E-state index in [2.05, 4.69) is 11.4 Å². The second-order valence-corrected chi connectivity index (χ2v) is 7.74. The number of rotatable bonds is 10. The molecule has 0 aliphatic heterocycles. The number of carbonyl (C=O) groups excluding carboxylic acids is 2. The van der Waals surface area contributed by atoms with Crippen molar-refractivity contribution in [2.75, 3.05) is 0 Å². The van der Waals surface area contributed by atoms with Crippen molar-refractivity contribution in [3.05, 3.63) is 71.3 Å². The Labute approximate surface area is 175 Å². The topological polar surface area (TPSA) is 49.4 Å². The van der Waals surface area contributed by atoms with Gasteiger partial charge in [0.05, 0.1) is 0 Å². The van der Waals surface area contributed by atoms with Crippen molar-refractivity contribution in [2.45, 2.75) is 72.0 Å². The standard InChI is InChI=1S/C25H34N2O2/c1-5-20(4)26-25(29)23(6-2)27(18-22-14-10-11-19(3)17-22)24(28)16-15-21-12-8-7-9-13-21/h7-14,17,20,23H,5-6,15-16,18H2,1-4H3,(H,26,29)/t20-,23+/m1/s1. The van der Waals surface area contributed by atoms with Crippen LogP contribution >= 0.6 is 0 Å². The highest BCUT2D eigenvalue weighted by Gasteiger charge is 2.28. The summed E-state index contributed by atoms with van der Waals surface area (Å²) in [6.07, 6.45) is 2.52. The van der Waals surface area contributed by atoms with Gasteiger partial charge in [0, 0.05) is 19.0 Å². The van der Waals surface area contributed by atoms with E-state index in [0.717, 1.165) is 23.1 Å². The van der Waals surface area contributed by atoms with Gasteiger partial charge in [-0.15, -0.1) is 0 Å². The molecule has 4 heteroatoms. The molecular weight excluding hydrogens is 360 g/mol. The number of aryl methyl sites for hydroxylation is 2. The van der Waals surface area contributed by atoms with Gasteiger partial charge in [0.1, 0.15) is 6.04 Å². The highest BCUT2D eigenvalue weighted by molar-refractivity contribution is 5.87. The predicted molar refractivity (Wildman–Crippen MR) is 118 cm³/mol. The first-order valence-corrected chi connectivity index (χ1v) is 10.6. The van der Waals surface area contributed by atoms with E-state index in [0.29, 0.717) is 25.8 Å². The molecule has 0 aliphatic rings. The van der Waals surface area contributed by atoms with Crippen molar-refractivity contribution in [1.29, 1.82) is 0 Å². The molecular formula is C25H34N2O2. The highest BCUT2D eigenvalue weighted by Crippen LogP contribution is 2.16. The van der Waals surface area contributed by atoms with Crippen LogP contribution < -0.4 is 5.32 Å². The normalized spacial score (nSPS) is 12.8. The van der Waals surface area contributed by atoms with Crippen LogP contribution in [-0.4, -0.2) is 28.8 Å². The fourth-order valence-electron chi connectivity index (χ4n) is 3.41. The van der Waals surface area contributed by atoms with Gasteiger partial charge in [-0.2, -0.15) is 0 Å². The third-order valence-electron chi connectivity index (χ3n) is 5.29. The van der Waals surface area contributed by atoms with E-state index in [9.17, 15) is 9.59 Å². The summed E-state index contributed by atoms with van der Waals surface area (Å²) in [6, 6.07) is 17.8. The van der Waals surface area contributed by atoms with Crippen LogP contribution in [0.2, 0.25) is 0 Å². The van der Waals surface area contributed by atoms with E-state index in [1.807, 2.05) is 76.2 Å². The number of nitrogens with one attached hydrogen (secondary N) is 1.